The fraction of sp³-hybridized carbons (Fsp3) is 0.333. The second kappa shape index (κ2) is 4.19. The second-order valence-corrected chi connectivity index (χ2v) is 2.34. The van der Waals surface area contributed by atoms with Crippen molar-refractivity contribution in [1.82, 2.24) is 16.0 Å². The van der Waals surface area contributed by atoms with Gasteiger partial charge in [-0.1, -0.05) is 0 Å². The van der Waals surface area contributed by atoms with Crippen LogP contribution in [0.5, 0.6) is 0 Å². The Kier molecular flexibility index (Phi) is 2.96. The fourth-order valence-electron chi connectivity index (χ4n) is 0.759. The number of carbonyl (C=O) groups is 1. The van der Waals surface area contributed by atoms with Crippen molar-refractivity contribution in [3.05, 3.63) is 12.0 Å². The number of guanidine groups is 1. The van der Waals surface area contributed by atoms with Crippen molar-refractivity contribution in [2.45, 2.75) is 0 Å². The molecule has 0 atom stereocenters. The number of hydrogen-bond acceptors (Lipinski definition) is 6. The van der Waals surface area contributed by atoms with Crippen LogP contribution in [0.25, 0.3) is 0 Å². The van der Waals surface area contributed by atoms with Crippen LogP contribution >= 0.6 is 0 Å². The Bertz CT molecular complexity index is 260. The highest BCUT2D eigenvalue weighted by Crippen LogP contribution is 1.85. The molecule has 0 unspecified atom stereocenters. The van der Waals surface area contributed by atoms with Gasteiger partial charge in [0.25, 0.3) is 0 Å². The summed E-state index contributed by atoms with van der Waals surface area (Å²) in [4.78, 5) is 13.9. The Hall–Kier alpha value is -1.92. The van der Waals surface area contributed by atoms with Crippen molar-refractivity contribution < 1.29 is 9.90 Å². The summed E-state index contributed by atoms with van der Waals surface area (Å²) in [6.07, 6.45) is 1.50. The van der Waals surface area contributed by atoms with E-state index in [0.29, 0.717) is 18.4 Å². The van der Waals surface area contributed by atoms with Gasteiger partial charge >= 0.3 is 5.97 Å². The maximum Gasteiger partial charge on any atom is 0.322 e. The lowest BCUT2D eigenvalue weighted by molar-refractivity contribution is -0.135. The molecule has 1 heterocycles. The third-order valence-corrected chi connectivity index (χ3v) is 1.28. The van der Waals surface area contributed by atoms with Crippen LogP contribution in [-0.2, 0) is 4.79 Å². The van der Waals surface area contributed by atoms with E-state index in [9.17, 15) is 4.79 Å². The quantitative estimate of drug-likeness (QED) is 0.345. The van der Waals surface area contributed by atoms with Gasteiger partial charge in [-0.05, 0) is 0 Å². The lowest BCUT2D eigenvalue weighted by atomic mass is 10.6. The molecule has 0 radical (unpaired) electrons. The van der Waals surface area contributed by atoms with E-state index in [4.69, 9.17) is 10.8 Å². The van der Waals surface area contributed by atoms with Crippen LogP contribution in [-0.4, -0.2) is 30.2 Å². The van der Waals surface area contributed by atoms with Gasteiger partial charge in [-0.2, -0.15) is 0 Å². The van der Waals surface area contributed by atoms with Crippen LogP contribution in [0.2, 0.25) is 0 Å². The smallest absolute Gasteiger partial charge is 0.322 e. The van der Waals surface area contributed by atoms with Gasteiger partial charge in [0.1, 0.15) is 19.0 Å². The molecule has 7 heteroatoms. The third kappa shape index (κ3) is 3.32. The average Bonchev–Trinajstić information content (AvgIpc) is 2.03. The fourth-order valence-corrected chi connectivity index (χ4v) is 0.759. The number of rotatable bonds is 3. The highest BCUT2D eigenvalue weighted by molar-refractivity contribution is 5.80. The normalized spacial score (nSPS) is 18.5. The predicted octanol–water partition coefficient (Wildman–Crippen LogP) is -2.08. The summed E-state index contributed by atoms with van der Waals surface area (Å²) in [5, 5.41) is 16.5. The maximum atomic E-state index is 10.1. The van der Waals surface area contributed by atoms with Crippen LogP contribution in [0.1, 0.15) is 0 Å². The molecule has 0 saturated carbocycles. The monoisotopic (exact) mass is 185 g/mol. The van der Waals surface area contributed by atoms with E-state index in [0.717, 1.165) is 0 Å². The van der Waals surface area contributed by atoms with Crippen molar-refractivity contribution >= 4 is 11.9 Å². The second-order valence-electron chi connectivity index (χ2n) is 2.34. The molecule has 0 aromatic rings. The van der Waals surface area contributed by atoms with Crippen LogP contribution in [0.15, 0.2) is 17.0 Å². The Balaban J connectivity index is 2.35. The van der Waals surface area contributed by atoms with Crippen molar-refractivity contribution in [2.75, 3.05) is 13.2 Å². The predicted molar refractivity (Wildman–Crippen MR) is 46.5 cm³/mol. The number of carboxylic acid groups (broad SMARTS) is 1. The molecule has 0 aromatic heterocycles. The number of carboxylic acids is 1. The summed E-state index contributed by atoms with van der Waals surface area (Å²) < 4.78 is 0. The van der Waals surface area contributed by atoms with E-state index in [1.165, 1.54) is 6.20 Å². The van der Waals surface area contributed by atoms with Gasteiger partial charge in [0.15, 0.2) is 5.96 Å². The summed E-state index contributed by atoms with van der Waals surface area (Å²) in [7, 11) is 0. The van der Waals surface area contributed by atoms with E-state index in [1.807, 2.05) is 0 Å². The molecular formula is C6H11N5O2. The molecule has 72 valence electrons. The zero-order valence-corrected chi connectivity index (χ0v) is 6.87. The molecule has 0 spiro atoms. The molecule has 6 N–H and O–H groups in total. The van der Waals surface area contributed by atoms with Crippen molar-refractivity contribution in [1.29, 1.82) is 0 Å². The molecule has 13 heavy (non-hydrogen) atoms. The summed E-state index contributed by atoms with van der Waals surface area (Å²) in [5.74, 6) is -0.00910. The van der Waals surface area contributed by atoms with Crippen LogP contribution in [0.4, 0.5) is 0 Å². The van der Waals surface area contributed by atoms with Gasteiger partial charge in [0.2, 0.25) is 0 Å². The Labute approximate surface area is 74.7 Å². The topological polar surface area (TPSA) is 112 Å². The SMILES string of the molecule is NC1=NCNC(=CNCC(=O)O)N1. The Morgan fingerprint density at radius 3 is 3.23 bits per heavy atom. The van der Waals surface area contributed by atoms with Gasteiger partial charge in [-0.15, -0.1) is 0 Å². The molecule has 0 fully saturated rings. The van der Waals surface area contributed by atoms with Crippen molar-refractivity contribution in [3.8, 4) is 0 Å². The first-order valence-electron chi connectivity index (χ1n) is 3.64. The van der Waals surface area contributed by atoms with Crippen molar-refractivity contribution in [2.24, 2.45) is 10.7 Å². The number of nitrogens with two attached hydrogens (primary N) is 1. The summed E-state index contributed by atoms with van der Waals surface area (Å²) in [6.45, 7) is 0.253. The van der Waals surface area contributed by atoms with E-state index in [-0.39, 0.29) is 6.54 Å². The number of nitrogens with one attached hydrogen (secondary N) is 3. The summed E-state index contributed by atoms with van der Waals surface area (Å²) in [5.41, 5.74) is 5.37. The molecule has 1 aliphatic heterocycles. The molecule has 7 nitrogen and oxygen atoms in total. The minimum Gasteiger partial charge on any atom is -0.480 e. The first kappa shape index (κ1) is 9.17. The van der Waals surface area contributed by atoms with Gasteiger partial charge in [-0.25, -0.2) is 4.99 Å². The van der Waals surface area contributed by atoms with E-state index in [2.05, 4.69) is 20.9 Å². The molecule has 0 bridgehead atoms. The standard InChI is InChI=1S/C6H11N5O2/c7-6-10-3-9-4(11-6)1-8-2-5(12)13/h1,8-9H,2-3H2,(H,12,13)(H3,7,10,11). The van der Waals surface area contributed by atoms with Crippen LogP contribution < -0.4 is 21.7 Å². The minimum atomic E-state index is -0.922. The van der Waals surface area contributed by atoms with Gasteiger partial charge in [0, 0.05) is 6.20 Å². The molecule has 0 amide bonds. The van der Waals surface area contributed by atoms with E-state index >= 15 is 0 Å². The van der Waals surface area contributed by atoms with Gasteiger partial charge in [0.05, 0.1) is 0 Å². The first-order valence-corrected chi connectivity index (χ1v) is 3.64. The van der Waals surface area contributed by atoms with Crippen molar-refractivity contribution in [3.63, 3.8) is 0 Å². The number of aliphatic imine (C=N–C) groups is 1. The van der Waals surface area contributed by atoms with Gasteiger partial charge < -0.3 is 26.8 Å². The number of aliphatic carboxylic acids is 1. The lowest BCUT2D eigenvalue weighted by Gasteiger charge is -2.16. The third-order valence-electron chi connectivity index (χ3n) is 1.28. The number of hydrogen-bond donors (Lipinski definition) is 5. The highest BCUT2D eigenvalue weighted by atomic mass is 16.4. The van der Waals surface area contributed by atoms with Crippen LogP contribution in [0, 0.1) is 0 Å². The lowest BCUT2D eigenvalue weighted by Crippen LogP contribution is -2.42. The van der Waals surface area contributed by atoms with Crippen LogP contribution in [0.3, 0.4) is 0 Å². The average molecular weight is 185 g/mol. The molecule has 1 rings (SSSR count). The Morgan fingerprint density at radius 1 is 1.85 bits per heavy atom. The molecule has 1 aliphatic rings. The molecular weight excluding hydrogens is 174 g/mol. The summed E-state index contributed by atoms with van der Waals surface area (Å²) >= 11 is 0. The Morgan fingerprint density at radius 2 is 2.62 bits per heavy atom. The molecule has 0 saturated heterocycles. The van der Waals surface area contributed by atoms with E-state index < -0.39 is 5.97 Å². The highest BCUT2D eigenvalue weighted by Gasteiger charge is 2.03. The minimum absolute atomic E-state index is 0.135. The largest absolute Gasteiger partial charge is 0.480 e. The van der Waals surface area contributed by atoms with E-state index in [1.54, 1.807) is 0 Å². The maximum absolute atomic E-state index is 10.1. The zero-order valence-electron chi connectivity index (χ0n) is 6.87. The first-order chi connectivity index (χ1) is 6.18. The summed E-state index contributed by atoms with van der Waals surface area (Å²) in [6, 6.07) is 0. The molecule has 0 aliphatic carbocycles. The van der Waals surface area contributed by atoms with Gasteiger partial charge in [-0.3, -0.25) is 4.79 Å². The molecule has 0 aromatic carbocycles. The zero-order chi connectivity index (χ0) is 9.68. The number of nitrogens with zero attached hydrogens (tertiary/aromatic N) is 1.